The van der Waals surface area contributed by atoms with Crippen molar-refractivity contribution in [1.29, 1.82) is 0 Å². The second-order valence-corrected chi connectivity index (χ2v) is 6.38. The topological polar surface area (TPSA) is 40.5 Å². The van der Waals surface area contributed by atoms with Crippen LogP contribution in [0.15, 0.2) is 6.07 Å². The van der Waals surface area contributed by atoms with Crippen molar-refractivity contribution in [2.24, 2.45) is 5.92 Å². The largest absolute Gasteiger partial charge is 0.393 e. The molecule has 0 atom stereocenters. The zero-order valence-electron chi connectivity index (χ0n) is 11.3. The lowest BCUT2D eigenvalue weighted by atomic mass is 9.82. The van der Waals surface area contributed by atoms with E-state index in [1.165, 1.54) is 10.4 Å². The van der Waals surface area contributed by atoms with Crippen LogP contribution in [0.4, 0.5) is 0 Å². The summed E-state index contributed by atoms with van der Waals surface area (Å²) >= 11 is 1.61. The summed E-state index contributed by atoms with van der Waals surface area (Å²) in [6.45, 7) is 4.94. The number of aliphatic hydroxyl groups excluding tert-OH is 1. The first kappa shape index (κ1) is 13.6. The molecule has 0 spiro atoms. The van der Waals surface area contributed by atoms with Crippen molar-refractivity contribution in [1.82, 2.24) is 4.90 Å². The van der Waals surface area contributed by atoms with E-state index in [0.717, 1.165) is 30.7 Å². The third kappa shape index (κ3) is 2.75. The van der Waals surface area contributed by atoms with Crippen molar-refractivity contribution in [3.63, 3.8) is 0 Å². The van der Waals surface area contributed by atoms with E-state index in [9.17, 15) is 9.90 Å². The molecule has 3 nitrogen and oxygen atoms in total. The number of hydrogen-bond donors (Lipinski definition) is 1. The Hall–Kier alpha value is -0.870. The van der Waals surface area contributed by atoms with Crippen LogP contribution in [0.5, 0.6) is 0 Å². The van der Waals surface area contributed by atoms with Crippen molar-refractivity contribution < 1.29 is 9.90 Å². The molecule has 1 saturated carbocycles. The Labute approximate surface area is 112 Å². The molecule has 100 valence electrons. The lowest BCUT2D eigenvalue weighted by Gasteiger charge is -2.34. The Morgan fingerprint density at radius 3 is 2.72 bits per heavy atom. The summed E-state index contributed by atoms with van der Waals surface area (Å²) in [5, 5.41) is 9.26. The molecule has 1 aromatic heterocycles. The molecule has 2 rings (SSSR count). The van der Waals surface area contributed by atoms with Gasteiger partial charge in [-0.2, -0.15) is 0 Å². The third-order valence-corrected chi connectivity index (χ3v) is 5.01. The van der Waals surface area contributed by atoms with Gasteiger partial charge in [0.25, 0.3) is 5.91 Å². The van der Waals surface area contributed by atoms with E-state index >= 15 is 0 Å². The molecule has 4 heteroatoms. The Morgan fingerprint density at radius 1 is 1.56 bits per heavy atom. The maximum Gasteiger partial charge on any atom is 0.263 e. The molecule has 1 heterocycles. The Morgan fingerprint density at radius 2 is 2.22 bits per heavy atom. The number of hydrogen-bond acceptors (Lipinski definition) is 3. The SMILES string of the molecule is CCc1sc(C(=O)N(C)CC2CC(O)C2)cc1C. The van der Waals surface area contributed by atoms with Gasteiger partial charge in [0.05, 0.1) is 11.0 Å². The summed E-state index contributed by atoms with van der Waals surface area (Å²) < 4.78 is 0. The van der Waals surface area contributed by atoms with Crippen LogP contribution in [-0.4, -0.2) is 35.6 Å². The van der Waals surface area contributed by atoms with Gasteiger partial charge in [-0.05, 0) is 43.7 Å². The van der Waals surface area contributed by atoms with Gasteiger partial charge < -0.3 is 10.0 Å². The molecule has 0 radical (unpaired) electrons. The fraction of sp³-hybridized carbons (Fsp3) is 0.643. The number of amides is 1. The van der Waals surface area contributed by atoms with E-state index in [2.05, 4.69) is 13.8 Å². The molecule has 0 bridgehead atoms. The second kappa shape index (κ2) is 5.41. The highest BCUT2D eigenvalue weighted by Gasteiger charge is 2.29. The normalized spacial score (nSPS) is 22.7. The van der Waals surface area contributed by atoms with Crippen LogP contribution >= 0.6 is 11.3 Å². The minimum atomic E-state index is -0.144. The number of rotatable bonds is 4. The van der Waals surface area contributed by atoms with E-state index in [4.69, 9.17) is 0 Å². The van der Waals surface area contributed by atoms with Crippen LogP contribution in [0.1, 0.15) is 39.9 Å². The van der Waals surface area contributed by atoms with Crippen LogP contribution in [0.2, 0.25) is 0 Å². The Balaban J connectivity index is 1.96. The van der Waals surface area contributed by atoms with Crippen molar-refractivity contribution in [3.8, 4) is 0 Å². The summed E-state index contributed by atoms with van der Waals surface area (Å²) in [7, 11) is 1.85. The number of nitrogens with zero attached hydrogens (tertiary/aromatic N) is 1. The Kier molecular flexibility index (Phi) is 4.07. The minimum absolute atomic E-state index is 0.115. The lowest BCUT2D eigenvalue weighted by Crippen LogP contribution is -2.39. The van der Waals surface area contributed by atoms with E-state index in [-0.39, 0.29) is 12.0 Å². The average Bonchev–Trinajstić information content (AvgIpc) is 2.67. The van der Waals surface area contributed by atoms with Gasteiger partial charge in [0, 0.05) is 18.5 Å². The molecule has 0 aliphatic heterocycles. The minimum Gasteiger partial charge on any atom is -0.393 e. The molecule has 1 aliphatic rings. The predicted octanol–water partition coefficient (Wildman–Crippen LogP) is 2.46. The molecule has 18 heavy (non-hydrogen) atoms. The number of thiophene rings is 1. The van der Waals surface area contributed by atoms with E-state index in [0.29, 0.717) is 5.92 Å². The monoisotopic (exact) mass is 267 g/mol. The number of aliphatic hydroxyl groups is 1. The van der Waals surface area contributed by atoms with Crippen molar-refractivity contribution in [2.75, 3.05) is 13.6 Å². The van der Waals surface area contributed by atoms with Gasteiger partial charge in [-0.1, -0.05) is 6.92 Å². The molecular weight excluding hydrogens is 246 g/mol. The van der Waals surface area contributed by atoms with Crippen molar-refractivity contribution in [3.05, 3.63) is 21.4 Å². The number of carbonyl (C=O) groups is 1. The zero-order chi connectivity index (χ0) is 13.3. The van der Waals surface area contributed by atoms with Gasteiger partial charge >= 0.3 is 0 Å². The number of aryl methyl sites for hydroxylation is 2. The molecule has 0 unspecified atom stereocenters. The van der Waals surface area contributed by atoms with Gasteiger partial charge in [-0.25, -0.2) is 0 Å². The average molecular weight is 267 g/mol. The second-order valence-electron chi connectivity index (χ2n) is 5.25. The summed E-state index contributed by atoms with van der Waals surface area (Å²) in [5.41, 5.74) is 1.22. The summed E-state index contributed by atoms with van der Waals surface area (Å²) in [6.07, 6.45) is 2.51. The highest BCUT2D eigenvalue weighted by Crippen LogP contribution is 2.29. The first-order valence-corrected chi connectivity index (χ1v) is 7.35. The fourth-order valence-corrected chi connectivity index (χ4v) is 3.59. The molecular formula is C14H21NO2S. The highest BCUT2D eigenvalue weighted by molar-refractivity contribution is 7.14. The van der Waals surface area contributed by atoms with Crippen molar-refractivity contribution in [2.45, 2.75) is 39.2 Å². The molecule has 1 fully saturated rings. The van der Waals surface area contributed by atoms with E-state index in [1.54, 1.807) is 16.2 Å². The Bertz CT molecular complexity index is 435. The van der Waals surface area contributed by atoms with Crippen LogP contribution < -0.4 is 0 Å². The molecule has 0 saturated heterocycles. The molecule has 1 aliphatic carbocycles. The van der Waals surface area contributed by atoms with Gasteiger partial charge in [0.15, 0.2) is 0 Å². The van der Waals surface area contributed by atoms with Crippen molar-refractivity contribution >= 4 is 17.2 Å². The lowest BCUT2D eigenvalue weighted by molar-refractivity contribution is 0.0266. The van der Waals surface area contributed by atoms with Crippen LogP contribution in [0, 0.1) is 12.8 Å². The smallest absolute Gasteiger partial charge is 0.263 e. The predicted molar refractivity (Wildman–Crippen MR) is 74.1 cm³/mol. The zero-order valence-corrected chi connectivity index (χ0v) is 12.1. The van der Waals surface area contributed by atoms with Crippen LogP contribution in [-0.2, 0) is 6.42 Å². The first-order chi connectivity index (χ1) is 8.51. The van der Waals surface area contributed by atoms with E-state index < -0.39 is 0 Å². The van der Waals surface area contributed by atoms with Gasteiger partial charge in [-0.3, -0.25) is 4.79 Å². The third-order valence-electron chi connectivity index (χ3n) is 3.64. The summed E-state index contributed by atoms with van der Waals surface area (Å²) in [5.74, 6) is 0.588. The first-order valence-electron chi connectivity index (χ1n) is 6.54. The van der Waals surface area contributed by atoms with Gasteiger partial charge in [-0.15, -0.1) is 11.3 Å². The van der Waals surface area contributed by atoms with Crippen LogP contribution in [0.3, 0.4) is 0 Å². The quantitative estimate of drug-likeness (QED) is 0.910. The summed E-state index contributed by atoms with van der Waals surface area (Å²) in [6, 6.07) is 2.00. The van der Waals surface area contributed by atoms with Gasteiger partial charge in [0.2, 0.25) is 0 Å². The summed E-state index contributed by atoms with van der Waals surface area (Å²) in [4.78, 5) is 16.2. The van der Waals surface area contributed by atoms with E-state index in [1.807, 2.05) is 13.1 Å². The maximum absolute atomic E-state index is 12.3. The number of carbonyl (C=O) groups excluding carboxylic acids is 1. The molecule has 1 aromatic rings. The van der Waals surface area contributed by atoms with Gasteiger partial charge in [0.1, 0.15) is 0 Å². The maximum atomic E-state index is 12.3. The van der Waals surface area contributed by atoms with Crippen LogP contribution in [0.25, 0.3) is 0 Å². The molecule has 1 amide bonds. The highest BCUT2D eigenvalue weighted by atomic mass is 32.1. The molecule has 1 N–H and O–H groups in total. The standard InChI is InChI=1S/C14H21NO2S/c1-4-12-9(2)5-13(18-12)14(17)15(3)8-10-6-11(16)7-10/h5,10-11,16H,4,6-8H2,1-3H3. The fourth-order valence-electron chi connectivity index (χ4n) is 2.48. The molecule has 0 aromatic carbocycles.